The Balaban J connectivity index is 3.17. The van der Waals surface area contributed by atoms with Gasteiger partial charge in [0.25, 0.3) is 5.56 Å². The van der Waals surface area contributed by atoms with Crippen LogP contribution < -0.4 is 5.56 Å². The van der Waals surface area contributed by atoms with E-state index in [1.54, 1.807) is 6.92 Å². The average molecular weight is 202 g/mol. The van der Waals surface area contributed by atoms with E-state index in [2.05, 4.69) is 20.9 Å². The van der Waals surface area contributed by atoms with Crippen molar-refractivity contribution < 1.29 is 0 Å². The van der Waals surface area contributed by atoms with E-state index in [9.17, 15) is 4.79 Å². The van der Waals surface area contributed by atoms with E-state index in [0.29, 0.717) is 5.33 Å². The second-order valence-electron chi connectivity index (χ2n) is 2.13. The van der Waals surface area contributed by atoms with Crippen molar-refractivity contribution in [3.05, 3.63) is 33.7 Å². The third-order valence-corrected chi connectivity index (χ3v) is 1.91. The lowest BCUT2D eigenvalue weighted by Gasteiger charge is -1.94. The molecule has 1 aromatic rings. The molecule has 0 aromatic carbocycles. The molecule has 1 aromatic heterocycles. The Bertz CT molecular complexity index is 279. The first kappa shape index (κ1) is 7.54. The van der Waals surface area contributed by atoms with Gasteiger partial charge in [0.15, 0.2) is 0 Å². The highest BCUT2D eigenvalue weighted by Gasteiger charge is 1.92. The van der Waals surface area contributed by atoms with Crippen LogP contribution in [0.25, 0.3) is 0 Å². The third kappa shape index (κ3) is 1.48. The zero-order chi connectivity index (χ0) is 7.56. The van der Waals surface area contributed by atoms with Gasteiger partial charge in [0, 0.05) is 16.6 Å². The van der Waals surface area contributed by atoms with Gasteiger partial charge in [0.05, 0.1) is 0 Å². The molecule has 0 bridgehead atoms. The van der Waals surface area contributed by atoms with Gasteiger partial charge in [-0.05, 0) is 13.0 Å². The van der Waals surface area contributed by atoms with Crippen molar-refractivity contribution in [1.82, 2.24) is 4.98 Å². The zero-order valence-electron chi connectivity index (χ0n) is 5.65. The summed E-state index contributed by atoms with van der Waals surface area (Å²) in [6, 6.07) is 3.71. The van der Waals surface area contributed by atoms with Crippen molar-refractivity contribution in [2.45, 2.75) is 12.3 Å². The van der Waals surface area contributed by atoms with Crippen LogP contribution in [0.3, 0.4) is 0 Å². The highest BCUT2D eigenvalue weighted by atomic mass is 79.9. The maximum absolute atomic E-state index is 10.9. The average Bonchev–Trinajstić information content (AvgIpc) is 1.95. The van der Waals surface area contributed by atoms with E-state index >= 15 is 0 Å². The van der Waals surface area contributed by atoms with Crippen LogP contribution in [0.4, 0.5) is 0 Å². The predicted molar refractivity (Wildman–Crippen MR) is 44.4 cm³/mol. The Morgan fingerprint density at radius 3 is 2.80 bits per heavy atom. The molecule has 0 amide bonds. The Morgan fingerprint density at radius 2 is 2.30 bits per heavy atom. The van der Waals surface area contributed by atoms with E-state index in [1.807, 2.05) is 12.1 Å². The molecule has 1 N–H and O–H groups in total. The minimum atomic E-state index is -0.00282. The van der Waals surface area contributed by atoms with Gasteiger partial charge in [-0.3, -0.25) is 4.79 Å². The first-order chi connectivity index (χ1) is 4.74. The Morgan fingerprint density at radius 1 is 1.60 bits per heavy atom. The van der Waals surface area contributed by atoms with Gasteiger partial charge < -0.3 is 4.98 Å². The van der Waals surface area contributed by atoms with Gasteiger partial charge in [0.1, 0.15) is 0 Å². The van der Waals surface area contributed by atoms with Crippen molar-refractivity contribution in [3.8, 4) is 0 Å². The van der Waals surface area contributed by atoms with Crippen molar-refractivity contribution in [3.63, 3.8) is 0 Å². The fourth-order valence-electron chi connectivity index (χ4n) is 0.665. The molecular weight excluding hydrogens is 194 g/mol. The number of halogens is 1. The number of pyridine rings is 1. The fraction of sp³-hybridized carbons (Fsp3) is 0.286. The second kappa shape index (κ2) is 3.01. The summed E-state index contributed by atoms with van der Waals surface area (Å²) >= 11 is 3.25. The summed E-state index contributed by atoms with van der Waals surface area (Å²) in [5.74, 6) is 0. The molecule has 0 atom stereocenters. The first-order valence-corrected chi connectivity index (χ1v) is 4.11. The molecule has 10 heavy (non-hydrogen) atoms. The summed E-state index contributed by atoms with van der Waals surface area (Å²) in [6.45, 7) is 1.79. The largest absolute Gasteiger partial charge is 0.325 e. The molecule has 0 saturated carbocycles. The molecule has 0 aliphatic heterocycles. The van der Waals surface area contributed by atoms with Crippen LogP contribution in [0.1, 0.15) is 11.3 Å². The van der Waals surface area contributed by atoms with E-state index < -0.39 is 0 Å². The summed E-state index contributed by atoms with van der Waals surface area (Å²) in [6.07, 6.45) is 0. The number of hydrogen-bond acceptors (Lipinski definition) is 1. The number of rotatable bonds is 1. The summed E-state index contributed by atoms with van der Waals surface area (Å²) in [7, 11) is 0. The Hall–Kier alpha value is -0.570. The number of alkyl halides is 1. The number of aromatic amines is 1. The lowest BCUT2D eigenvalue weighted by molar-refractivity contribution is 1.10. The number of hydrogen-bond donors (Lipinski definition) is 1. The quantitative estimate of drug-likeness (QED) is 0.689. The van der Waals surface area contributed by atoms with Crippen molar-refractivity contribution in [2.75, 3.05) is 0 Å². The molecule has 0 saturated heterocycles. The molecule has 0 fully saturated rings. The molecule has 54 valence electrons. The van der Waals surface area contributed by atoms with Gasteiger partial charge in [-0.25, -0.2) is 0 Å². The maximum atomic E-state index is 10.9. The van der Waals surface area contributed by atoms with E-state index in [1.165, 1.54) is 0 Å². The molecule has 3 heteroatoms. The van der Waals surface area contributed by atoms with Crippen LogP contribution in [0.5, 0.6) is 0 Å². The van der Waals surface area contributed by atoms with Gasteiger partial charge >= 0.3 is 0 Å². The van der Waals surface area contributed by atoms with Crippen molar-refractivity contribution in [1.29, 1.82) is 0 Å². The molecule has 0 unspecified atom stereocenters. The van der Waals surface area contributed by atoms with Crippen LogP contribution in [-0.2, 0) is 5.33 Å². The maximum Gasteiger partial charge on any atom is 0.251 e. The van der Waals surface area contributed by atoms with E-state index in [4.69, 9.17) is 0 Å². The first-order valence-electron chi connectivity index (χ1n) is 2.99. The lowest BCUT2D eigenvalue weighted by atomic mass is 10.3. The number of aryl methyl sites for hydroxylation is 1. The van der Waals surface area contributed by atoms with Crippen molar-refractivity contribution in [2.24, 2.45) is 0 Å². The number of aromatic nitrogens is 1. The number of H-pyrrole nitrogens is 1. The molecule has 0 spiro atoms. The molecule has 0 radical (unpaired) electrons. The van der Waals surface area contributed by atoms with Crippen molar-refractivity contribution >= 4 is 15.9 Å². The zero-order valence-corrected chi connectivity index (χ0v) is 7.23. The summed E-state index contributed by atoms with van der Waals surface area (Å²) in [5.41, 5.74) is 1.66. The topological polar surface area (TPSA) is 32.9 Å². The normalized spacial score (nSPS) is 9.80. The van der Waals surface area contributed by atoms with E-state index in [-0.39, 0.29) is 5.56 Å². The molecule has 0 aliphatic rings. The minimum Gasteiger partial charge on any atom is -0.325 e. The predicted octanol–water partition coefficient (Wildman–Crippen LogP) is 1.58. The fourth-order valence-corrected chi connectivity index (χ4v) is 0.992. The van der Waals surface area contributed by atoms with Crippen LogP contribution in [0, 0.1) is 6.92 Å². The molecular formula is C7H8BrNO. The van der Waals surface area contributed by atoms with Crippen LogP contribution in [-0.4, -0.2) is 4.98 Å². The third-order valence-electron chi connectivity index (χ3n) is 1.31. The lowest BCUT2D eigenvalue weighted by Crippen LogP contribution is -2.10. The molecule has 1 heterocycles. The highest BCUT2D eigenvalue weighted by Crippen LogP contribution is 1.98. The van der Waals surface area contributed by atoms with Gasteiger partial charge in [-0.1, -0.05) is 22.0 Å². The molecule has 2 nitrogen and oxygen atoms in total. The standard InChI is InChI=1S/C7H8BrNO/c1-5-2-3-6(4-8)9-7(5)10/h2-3H,4H2,1H3,(H,9,10). The summed E-state index contributed by atoms with van der Waals surface area (Å²) in [4.78, 5) is 13.6. The van der Waals surface area contributed by atoms with Gasteiger partial charge in [-0.15, -0.1) is 0 Å². The highest BCUT2D eigenvalue weighted by molar-refractivity contribution is 9.08. The van der Waals surface area contributed by atoms with Crippen LogP contribution in [0.2, 0.25) is 0 Å². The Kier molecular flexibility index (Phi) is 2.27. The second-order valence-corrected chi connectivity index (χ2v) is 2.69. The Labute approximate surface area is 67.4 Å². The SMILES string of the molecule is Cc1ccc(CBr)[nH]c1=O. The van der Waals surface area contributed by atoms with Gasteiger partial charge in [-0.2, -0.15) is 0 Å². The van der Waals surface area contributed by atoms with E-state index in [0.717, 1.165) is 11.3 Å². The van der Waals surface area contributed by atoms with Crippen LogP contribution >= 0.6 is 15.9 Å². The van der Waals surface area contributed by atoms with Crippen LogP contribution in [0.15, 0.2) is 16.9 Å². The monoisotopic (exact) mass is 201 g/mol. The molecule has 0 aliphatic carbocycles. The molecule has 1 rings (SSSR count). The summed E-state index contributed by atoms with van der Waals surface area (Å²) < 4.78 is 0. The minimum absolute atomic E-state index is 0.00282. The summed E-state index contributed by atoms with van der Waals surface area (Å²) in [5, 5.41) is 0.697. The number of nitrogens with one attached hydrogen (secondary N) is 1. The van der Waals surface area contributed by atoms with Gasteiger partial charge in [0.2, 0.25) is 0 Å². The smallest absolute Gasteiger partial charge is 0.251 e.